The summed E-state index contributed by atoms with van der Waals surface area (Å²) in [5, 5.41) is 81.7. The molecule has 12 aromatic rings. The van der Waals surface area contributed by atoms with Gasteiger partial charge in [-0.25, -0.2) is 43.7 Å². The van der Waals surface area contributed by atoms with E-state index in [0.29, 0.717) is 81.4 Å². The van der Waals surface area contributed by atoms with E-state index in [1.54, 1.807) is 42.0 Å². The summed E-state index contributed by atoms with van der Waals surface area (Å²) >= 11 is 0. The first-order valence-corrected chi connectivity index (χ1v) is 39.5. The predicted molar refractivity (Wildman–Crippen MR) is 432 cm³/mol. The molecule has 9 aromatic heterocycles. The van der Waals surface area contributed by atoms with E-state index >= 15 is 4.39 Å². The number of piperidine rings is 3. The number of ketones is 3. The van der Waals surface area contributed by atoms with Crippen molar-refractivity contribution in [3.05, 3.63) is 194 Å². The van der Waals surface area contributed by atoms with Gasteiger partial charge in [-0.3, -0.25) is 33.8 Å². The highest BCUT2D eigenvalue weighted by Crippen LogP contribution is 2.40. The summed E-state index contributed by atoms with van der Waals surface area (Å²) in [5.41, 5.74) is 4.74. The van der Waals surface area contributed by atoms with E-state index in [2.05, 4.69) is 115 Å². The summed E-state index contributed by atoms with van der Waals surface area (Å²) < 4.78 is 26.3. The Balaban J connectivity index is 0.000000136. The fourth-order valence-corrected chi connectivity index (χ4v) is 16.2. The van der Waals surface area contributed by atoms with E-state index < -0.39 is 35.1 Å². The van der Waals surface area contributed by atoms with Crippen LogP contribution in [0.2, 0.25) is 0 Å². The summed E-state index contributed by atoms with van der Waals surface area (Å²) in [6.45, 7) is 13.1. The summed E-state index contributed by atoms with van der Waals surface area (Å²) in [6, 6.07) is 32.4. The number of anilines is 3. The van der Waals surface area contributed by atoms with Crippen molar-refractivity contribution < 1.29 is 49.4 Å². The summed E-state index contributed by atoms with van der Waals surface area (Å²) in [7, 11) is 1.83. The zero-order valence-corrected chi connectivity index (χ0v) is 65.5. The monoisotopic (exact) mass is 1570 g/mol. The van der Waals surface area contributed by atoms with Crippen molar-refractivity contribution in [3.63, 3.8) is 0 Å². The van der Waals surface area contributed by atoms with Gasteiger partial charge in [0.25, 0.3) is 0 Å². The lowest BCUT2D eigenvalue weighted by atomic mass is 9.88. The van der Waals surface area contributed by atoms with Crippen LogP contribution in [0.25, 0.3) is 55.6 Å². The van der Waals surface area contributed by atoms with Crippen molar-refractivity contribution in [2.75, 3.05) is 80.1 Å². The Labute approximate surface area is 665 Å². The lowest BCUT2D eigenvalue weighted by Crippen LogP contribution is -2.58. The van der Waals surface area contributed by atoms with Crippen LogP contribution in [-0.2, 0) is 60.7 Å². The van der Waals surface area contributed by atoms with Crippen LogP contribution in [0.5, 0.6) is 0 Å². The molecule has 30 nitrogen and oxygen atoms in total. The first-order valence-electron chi connectivity index (χ1n) is 39.5. The lowest BCUT2D eigenvalue weighted by Gasteiger charge is -2.42. The Morgan fingerprint density at radius 3 is 1.27 bits per heavy atom. The van der Waals surface area contributed by atoms with Crippen LogP contribution < -0.4 is 14.7 Å². The molecule has 5 fully saturated rings. The average molecular weight is 1570 g/mol. The molecule has 31 heteroatoms. The summed E-state index contributed by atoms with van der Waals surface area (Å²) in [6.07, 6.45) is 23.7. The van der Waals surface area contributed by atoms with Crippen molar-refractivity contribution in [1.29, 1.82) is 0 Å². The SMILES string of the molecule is CC(=O)CN1CCC(O)(Cn2ccc3c(N(Cc4ccc(-c5cnn(C)c5)cc4F)C4CC4)ncnc32)C(O)C1.CC(=O)CN1CCC(O)(Cn2ccc3c(N(Cc4ccc(-n5cccn5)cc4)C4CC4)ncnc32)C(O)C1.CCN(Cc1ccc(-n2cccn2)cc1)c1ncnc2c1ccn2CC1(O)CCN(CC(C)=O)CC1O. The maximum Gasteiger partial charge on any atom is 0.145 e. The third kappa shape index (κ3) is 18.1. The molecule has 115 heavy (non-hydrogen) atoms. The molecule has 2 saturated carbocycles. The number of nitrogens with zero attached hydrogens (tertiary/aromatic N) is 21. The van der Waals surface area contributed by atoms with Crippen molar-refractivity contribution in [2.45, 2.75) is 159 Å². The van der Waals surface area contributed by atoms with E-state index in [1.807, 2.05) is 124 Å². The first kappa shape index (κ1) is 79.4. The molecule has 6 N–H and O–H groups in total. The van der Waals surface area contributed by atoms with Gasteiger partial charge in [0.2, 0.25) is 0 Å². The average Bonchev–Trinajstić information content (AvgIpc) is 1.64. The second-order valence-electron chi connectivity index (χ2n) is 31.7. The molecule has 0 amide bonds. The van der Waals surface area contributed by atoms with Crippen molar-refractivity contribution in [2.24, 2.45) is 7.05 Å². The maximum absolute atomic E-state index is 15.3. The number of likely N-dealkylation sites (tertiary alicyclic amines) is 3. The first-order chi connectivity index (χ1) is 55.4. The van der Waals surface area contributed by atoms with Crippen molar-refractivity contribution >= 4 is 67.9 Å². The number of benzene rings is 3. The molecule has 17 rings (SSSR count). The highest BCUT2D eigenvalue weighted by molar-refractivity contribution is 5.90. The number of rotatable bonds is 27. The Hall–Kier alpha value is -10.9. The molecule has 0 spiro atoms. The number of Topliss-reactive ketones (excluding diaryl/α,β-unsaturated/α-hetero) is 3. The standard InChI is InChI=1S/C29H34FN7O3.C28H33N7O3.C27H33N7O3/c1-19(38)13-35-10-8-29(40,26(39)16-35)17-36-9-7-24-27(36)31-18-32-28(24)37(23-5-6-23)15-21-4-3-20(11-25(21)30)22-12-33-34(2)14-22;1-20(36)15-32-14-10-28(38,25(37)17-32)18-33-13-9-24-26(33)29-19-30-27(24)34(22-7-8-22)16-21-3-5-23(6-4-21)35-12-2-11-31-35;1-3-32(16-21-5-7-22(8-6-21)34-12-4-11-30-34)25-23-9-13-33(26(23)29-19-28-25)18-27(37)10-14-31(15-20(2)35)17-24(27)36/h3-4,7,9,11-12,14,18,23,26,39-40H,5-6,8,10,13,15-17H2,1-2H3;2-6,9,11-13,19,22,25,37-38H,7-8,10,14-18H2,1H3;4-9,11-13,19,24,36-37H,3,10,14-18H2,1-2H3. The summed E-state index contributed by atoms with van der Waals surface area (Å²) in [5.74, 6) is 2.29. The minimum Gasteiger partial charge on any atom is -0.389 e. The molecule has 3 aromatic carbocycles. The molecule has 2 aliphatic carbocycles. The van der Waals surface area contributed by atoms with Crippen LogP contribution in [0.1, 0.15) is 89.3 Å². The highest BCUT2D eigenvalue weighted by atomic mass is 19.1. The molecule has 5 aliphatic rings. The van der Waals surface area contributed by atoms with E-state index in [4.69, 9.17) is 0 Å². The van der Waals surface area contributed by atoms with Crippen LogP contribution in [0.4, 0.5) is 21.8 Å². The normalized spacial score (nSPS) is 21.4. The van der Waals surface area contributed by atoms with Gasteiger partial charge in [0.05, 0.1) is 91.3 Å². The minimum absolute atomic E-state index is 0.0304. The van der Waals surface area contributed by atoms with Crippen LogP contribution in [0, 0.1) is 5.82 Å². The van der Waals surface area contributed by atoms with Crippen LogP contribution >= 0.6 is 0 Å². The fraction of sp³-hybridized carbons (Fsp3) is 0.429. The molecular weight excluding hydrogens is 1470 g/mol. The Kier molecular flexibility index (Phi) is 23.4. The lowest BCUT2D eigenvalue weighted by molar-refractivity contribution is -0.134. The number of aryl methyl sites for hydroxylation is 1. The largest absolute Gasteiger partial charge is 0.389 e. The van der Waals surface area contributed by atoms with Crippen molar-refractivity contribution in [3.8, 4) is 22.5 Å². The highest BCUT2D eigenvalue weighted by Gasteiger charge is 2.45. The van der Waals surface area contributed by atoms with Crippen LogP contribution in [0.3, 0.4) is 0 Å². The second-order valence-corrected chi connectivity index (χ2v) is 31.7. The fourth-order valence-electron chi connectivity index (χ4n) is 16.2. The molecule has 0 radical (unpaired) electrons. The van der Waals surface area contributed by atoms with Gasteiger partial charge < -0.3 is 59.0 Å². The molecular formula is C84H100FN21O9. The van der Waals surface area contributed by atoms with Gasteiger partial charge in [-0.1, -0.05) is 36.4 Å². The number of carbonyl (C=O) groups excluding carboxylic acids is 3. The molecule has 6 unspecified atom stereocenters. The molecule has 6 atom stereocenters. The number of aliphatic hydroxyl groups is 6. The molecule has 602 valence electrons. The van der Waals surface area contributed by atoms with E-state index in [1.165, 1.54) is 32.7 Å². The van der Waals surface area contributed by atoms with Crippen molar-refractivity contribution in [1.82, 2.24) is 87.6 Å². The predicted octanol–water partition coefficient (Wildman–Crippen LogP) is 6.73. The topological polar surface area (TPSA) is 338 Å². The van der Waals surface area contributed by atoms with Crippen LogP contribution in [-0.4, -0.2) is 248 Å². The number of aliphatic hydroxyl groups excluding tert-OH is 3. The Morgan fingerprint density at radius 2 is 0.904 bits per heavy atom. The van der Waals surface area contributed by atoms with E-state index in [-0.39, 0.29) is 81.6 Å². The van der Waals surface area contributed by atoms with Gasteiger partial charge in [-0.05, 0) is 150 Å². The number of hydrogen-bond donors (Lipinski definition) is 6. The van der Waals surface area contributed by atoms with Gasteiger partial charge >= 0.3 is 0 Å². The van der Waals surface area contributed by atoms with Gasteiger partial charge in [0, 0.05) is 145 Å². The summed E-state index contributed by atoms with van der Waals surface area (Å²) in [4.78, 5) is 74.2. The smallest absolute Gasteiger partial charge is 0.145 e. The van der Waals surface area contributed by atoms with Crippen LogP contribution in [0.15, 0.2) is 172 Å². The number of halogens is 1. The minimum atomic E-state index is -1.35. The number of carbonyl (C=O) groups is 3. The number of β-amino-alcohol motifs (C(OH)–C–C–N with tert-alkyl or cyclic N) is 3. The molecule has 3 saturated heterocycles. The number of fused-ring (bicyclic) bond motifs is 3. The quantitative estimate of drug-likeness (QED) is 0.0311. The molecule has 12 heterocycles. The Morgan fingerprint density at radius 1 is 0.496 bits per heavy atom. The zero-order valence-electron chi connectivity index (χ0n) is 65.5. The zero-order chi connectivity index (χ0) is 80.3. The second kappa shape index (κ2) is 33.9. The van der Waals surface area contributed by atoms with E-state index in [0.717, 1.165) is 106 Å². The molecule has 3 aliphatic heterocycles. The van der Waals surface area contributed by atoms with Gasteiger partial charge in [-0.2, -0.15) is 15.3 Å². The Bertz CT molecular complexity index is 5360. The third-order valence-corrected chi connectivity index (χ3v) is 22.8. The van der Waals surface area contributed by atoms with Gasteiger partial charge in [-0.15, -0.1) is 0 Å². The van der Waals surface area contributed by atoms with Gasteiger partial charge in [0.15, 0.2) is 0 Å². The number of hydrogen-bond acceptors (Lipinski definition) is 24. The van der Waals surface area contributed by atoms with Gasteiger partial charge in [0.1, 0.15) is 93.3 Å². The number of aromatic nitrogens is 15. The third-order valence-electron chi connectivity index (χ3n) is 22.8. The molecule has 0 bridgehead atoms. The van der Waals surface area contributed by atoms with E-state index in [9.17, 15) is 45.0 Å². The maximum atomic E-state index is 15.3.